The van der Waals surface area contributed by atoms with E-state index in [0.29, 0.717) is 17.1 Å². The first kappa shape index (κ1) is 19.3. The van der Waals surface area contributed by atoms with E-state index in [2.05, 4.69) is 43.9 Å². The zero-order valence-electron chi connectivity index (χ0n) is 16.8. The van der Waals surface area contributed by atoms with Crippen LogP contribution in [0.25, 0.3) is 16.9 Å². The van der Waals surface area contributed by atoms with Crippen molar-refractivity contribution in [2.45, 2.75) is 6.54 Å². The summed E-state index contributed by atoms with van der Waals surface area (Å²) in [6.45, 7) is 5.53. The first-order valence-corrected chi connectivity index (χ1v) is 11.2. The average molecular weight is 459 g/mol. The first-order valence-electron chi connectivity index (χ1n) is 10.5. The summed E-state index contributed by atoms with van der Waals surface area (Å²) in [5.41, 5.74) is 6.68. The van der Waals surface area contributed by atoms with Crippen molar-refractivity contribution in [3.63, 3.8) is 0 Å². The van der Waals surface area contributed by atoms with Crippen LogP contribution in [0, 0.1) is 5.82 Å². The highest BCUT2D eigenvalue weighted by atomic mass is 35.5. The second kappa shape index (κ2) is 7.33. The lowest BCUT2D eigenvalue weighted by Gasteiger charge is -2.35. The largest absolute Gasteiger partial charge is 0.378 e. The molecule has 0 bridgehead atoms. The number of nitrogens with zero attached hydrogens (tertiary/aromatic N) is 3. The molecule has 2 aromatic rings. The molecule has 0 saturated carbocycles. The topological polar surface area (TPSA) is 32.7 Å². The molecule has 0 atom stereocenters. The number of fused-ring (bicyclic) bond motifs is 4. The van der Waals surface area contributed by atoms with Crippen molar-refractivity contribution in [2.24, 2.45) is 0 Å². The van der Waals surface area contributed by atoms with Crippen molar-refractivity contribution in [3.05, 3.63) is 57.8 Å². The number of aromatic nitrogens is 1. The van der Waals surface area contributed by atoms with Crippen molar-refractivity contribution in [2.75, 3.05) is 54.5 Å². The van der Waals surface area contributed by atoms with E-state index in [4.69, 9.17) is 27.9 Å². The zero-order valence-corrected chi connectivity index (χ0v) is 18.3. The van der Waals surface area contributed by atoms with Crippen LogP contribution in [0.4, 0.5) is 21.6 Å². The third-order valence-electron chi connectivity index (χ3n) is 6.29. The van der Waals surface area contributed by atoms with Crippen LogP contribution in [0.1, 0.15) is 5.56 Å². The second-order valence-electron chi connectivity index (χ2n) is 8.05. The molecule has 31 heavy (non-hydrogen) atoms. The molecule has 6 rings (SSSR count). The van der Waals surface area contributed by atoms with E-state index in [-0.39, 0.29) is 5.02 Å². The maximum absolute atomic E-state index is 14.0. The first-order chi connectivity index (χ1) is 15.1. The lowest BCUT2D eigenvalue weighted by Crippen LogP contribution is -2.36. The van der Waals surface area contributed by atoms with Crippen LogP contribution in [0.5, 0.6) is 0 Å². The summed E-state index contributed by atoms with van der Waals surface area (Å²) < 4.78 is 21.7. The molecule has 1 fully saturated rings. The smallest absolute Gasteiger partial charge is 0.142 e. The van der Waals surface area contributed by atoms with E-state index in [1.807, 2.05) is 0 Å². The van der Waals surface area contributed by atoms with Crippen LogP contribution < -0.4 is 15.1 Å². The number of nitrogens with one attached hydrogen (secondary N) is 1. The van der Waals surface area contributed by atoms with Crippen molar-refractivity contribution in [1.29, 1.82) is 0 Å². The SMILES string of the molecule is Fc1ccc(Cl)c(CN2CCNc3c2c2c(-c4ccc(N5CCOCC5)cc4)n3-2)c1Cl. The normalized spacial score (nSPS) is 16.9. The minimum atomic E-state index is -0.438. The van der Waals surface area contributed by atoms with Gasteiger partial charge in [0, 0.05) is 54.6 Å². The molecule has 5 nitrogen and oxygen atoms in total. The minimum absolute atomic E-state index is 0.105. The fraction of sp³-hybridized carbons (Fsp3) is 0.304. The number of rotatable bonds is 4. The van der Waals surface area contributed by atoms with Gasteiger partial charge in [-0.05, 0) is 24.3 Å². The number of morpholine rings is 1. The summed E-state index contributed by atoms with van der Waals surface area (Å²) in [5.74, 6) is 0.671. The molecule has 160 valence electrons. The molecular formula is C23H21Cl2FN4O. The summed E-state index contributed by atoms with van der Waals surface area (Å²) in [4.78, 5) is 4.59. The second-order valence-corrected chi connectivity index (χ2v) is 8.83. The van der Waals surface area contributed by atoms with Crippen LogP contribution in [0.3, 0.4) is 0 Å². The molecule has 1 N–H and O–H groups in total. The maximum atomic E-state index is 14.0. The number of hydrogen-bond acceptors (Lipinski definition) is 4. The van der Waals surface area contributed by atoms with Gasteiger partial charge < -0.3 is 19.9 Å². The van der Waals surface area contributed by atoms with Crippen LogP contribution in [-0.4, -0.2) is 44.0 Å². The molecule has 4 aliphatic rings. The van der Waals surface area contributed by atoms with Gasteiger partial charge in [-0.2, -0.15) is 0 Å². The van der Waals surface area contributed by atoms with Gasteiger partial charge in [0.15, 0.2) is 0 Å². The van der Waals surface area contributed by atoms with E-state index in [1.54, 1.807) is 6.07 Å². The fourth-order valence-electron chi connectivity index (χ4n) is 4.64. The highest BCUT2D eigenvalue weighted by Crippen LogP contribution is 2.59. The van der Waals surface area contributed by atoms with E-state index in [9.17, 15) is 4.39 Å². The molecule has 0 aromatic heterocycles. The van der Waals surface area contributed by atoms with Crippen molar-refractivity contribution < 1.29 is 9.13 Å². The quantitative estimate of drug-likeness (QED) is 0.427. The number of anilines is 3. The Balaban J connectivity index is 1.27. The Bertz CT molecular complexity index is 1170. The number of ether oxygens (including phenoxy) is 1. The van der Waals surface area contributed by atoms with Crippen LogP contribution in [-0.2, 0) is 11.3 Å². The molecule has 0 spiro atoms. The van der Waals surface area contributed by atoms with Crippen LogP contribution in [0.15, 0.2) is 36.4 Å². The monoisotopic (exact) mass is 458 g/mol. The van der Waals surface area contributed by atoms with E-state index >= 15 is 0 Å². The zero-order chi connectivity index (χ0) is 21.1. The third kappa shape index (κ3) is 3.08. The van der Waals surface area contributed by atoms with Gasteiger partial charge in [0.25, 0.3) is 0 Å². The Morgan fingerprint density at radius 3 is 2.52 bits per heavy atom. The van der Waals surface area contributed by atoms with Gasteiger partial charge in [-0.1, -0.05) is 35.3 Å². The van der Waals surface area contributed by atoms with Gasteiger partial charge in [0.2, 0.25) is 0 Å². The molecule has 1 saturated heterocycles. The summed E-state index contributed by atoms with van der Waals surface area (Å²) in [6.07, 6.45) is 0. The molecule has 0 unspecified atom stereocenters. The molecule has 0 amide bonds. The summed E-state index contributed by atoms with van der Waals surface area (Å²) in [6, 6.07) is 11.6. The molecule has 0 radical (unpaired) electrons. The lowest BCUT2D eigenvalue weighted by atomic mass is 10.1. The number of benzene rings is 2. The van der Waals surface area contributed by atoms with Gasteiger partial charge in [0.05, 0.1) is 29.6 Å². The third-order valence-corrected chi connectivity index (χ3v) is 7.05. The van der Waals surface area contributed by atoms with Gasteiger partial charge >= 0.3 is 0 Å². The molecule has 8 heteroatoms. The molecule has 4 heterocycles. The van der Waals surface area contributed by atoms with Crippen molar-refractivity contribution in [3.8, 4) is 16.9 Å². The van der Waals surface area contributed by atoms with E-state index < -0.39 is 5.82 Å². The summed E-state index contributed by atoms with van der Waals surface area (Å²) in [5, 5.41) is 4.09. The van der Waals surface area contributed by atoms with Gasteiger partial charge in [0.1, 0.15) is 17.3 Å². The van der Waals surface area contributed by atoms with Crippen molar-refractivity contribution in [1.82, 2.24) is 4.57 Å². The molecular weight excluding hydrogens is 438 g/mol. The highest BCUT2D eigenvalue weighted by molar-refractivity contribution is 6.36. The molecule has 2 aromatic carbocycles. The number of halogens is 3. The maximum Gasteiger partial charge on any atom is 0.142 e. The van der Waals surface area contributed by atoms with Gasteiger partial charge in [-0.3, -0.25) is 4.57 Å². The van der Waals surface area contributed by atoms with Crippen molar-refractivity contribution >= 4 is 40.4 Å². The summed E-state index contributed by atoms with van der Waals surface area (Å²) in [7, 11) is 0. The Morgan fingerprint density at radius 1 is 0.968 bits per heavy atom. The van der Waals surface area contributed by atoms with Crippen LogP contribution in [0.2, 0.25) is 10.0 Å². The van der Waals surface area contributed by atoms with Gasteiger partial charge in [-0.15, -0.1) is 0 Å². The summed E-state index contributed by atoms with van der Waals surface area (Å²) >= 11 is 12.5. The van der Waals surface area contributed by atoms with Crippen LogP contribution >= 0.6 is 23.2 Å². The Morgan fingerprint density at radius 2 is 1.74 bits per heavy atom. The van der Waals surface area contributed by atoms with Gasteiger partial charge in [-0.25, -0.2) is 4.39 Å². The fourth-order valence-corrected chi connectivity index (χ4v) is 5.13. The Kier molecular flexibility index (Phi) is 4.56. The average Bonchev–Trinajstić information content (AvgIpc) is 3.46. The molecule has 0 aliphatic carbocycles. The minimum Gasteiger partial charge on any atom is -0.378 e. The Hall–Kier alpha value is -2.41. The lowest BCUT2D eigenvalue weighted by molar-refractivity contribution is 0.122. The van der Waals surface area contributed by atoms with E-state index in [1.165, 1.54) is 28.7 Å². The predicted octanol–water partition coefficient (Wildman–Crippen LogP) is 5.17. The molecule has 4 aliphatic heterocycles. The highest BCUT2D eigenvalue weighted by Gasteiger charge is 2.43. The van der Waals surface area contributed by atoms with E-state index in [0.717, 1.165) is 50.9 Å². The standard InChI is InChI=1S/C23H21Cl2FN4O/c24-17-5-6-18(26)19(25)16(17)13-29-8-7-27-23-22(29)21-20(30(21)23)14-1-3-15(4-2-14)28-9-11-31-12-10-28/h1-6,27H,7-13H2. The number of hydrogen-bond donors (Lipinski definition) is 1. The Labute approximate surface area is 189 Å². The predicted molar refractivity (Wildman–Crippen MR) is 124 cm³/mol.